The molecular weight excluding hydrogens is 254 g/mol. The number of carbonyl (C=O) groups excluding carboxylic acids is 1. The minimum atomic E-state index is -1.07. The lowest BCUT2D eigenvalue weighted by Crippen LogP contribution is -2.49. The summed E-state index contributed by atoms with van der Waals surface area (Å²) in [6, 6.07) is 2.02. The number of benzene rings is 1. The molecule has 0 aliphatic heterocycles. The van der Waals surface area contributed by atoms with Gasteiger partial charge < -0.3 is 16.2 Å². The van der Waals surface area contributed by atoms with Crippen LogP contribution >= 0.6 is 0 Å². The number of hydrogen-bond acceptors (Lipinski definition) is 3. The Hall–Kier alpha value is -1.69. The van der Waals surface area contributed by atoms with Gasteiger partial charge in [-0.25, -0.2) is 8.78 Å². The van der Waals surface area contributed by atoms with Crippen LogP contribution in [0.1, 0.15) is 36.0 Å². The molecule has 1 aliphatic carbocycles. The quantitative estimate of drug-likeness (QED) is 0.730. The van der Waals surface area contributed by atoms with Crippen LogP contribution in [0.5, 0.6) is 0 Å². The molecule has 0 spiro atoms. The molecule has 4 N–H and O–H groups in total. The molecule has 4 nitrogen and oxygen atoms in total. The molecule has 0 atom stereocenters. The fourth-order valence-electron chi connectivity index (χ4n) is 2.45. The smallest absolute Gasteiger partial charge is 0.257 e. The summed E-state index contributed by atoms with van der Waals surface area (Å²) in [4.78, 5) is 12.0. The molecular formula is C13H16F2N2O2. The van der Waals surface area contributed by atoms with E-state index in [-0.39, 0.29) is 12.3 Å². The van der Waals surface area contributed by atoms with E-state index in [0.717, 1.165) is 25.0 Å². The van der Waals surface area contributed by atoms with Crippen molar-refractivity contribution in [3.05, 3.63) is 29.3 Å². The number of nitrogens with one attached hydrogen (secondary N) is 1. The molecule has 0 unspecified atom stereocenters. The number of aliphatic hydroxyl groups excluding tert-OH is 1. The summed E-state index contributed by atoms with van der Waals surface area (Å²) in [5.41, 5.74) is 3.58. The molecule has 6 heteroatoms. The van der Waals surface area contributed by atoms with Crippen molar-refractivity contribution >= 4 is 11.6 Å². The van der Waals surface area contributed by atoms with Gasteiger partial charge in [-0.1, -0.05) is 12.8 Å². The number of carbonyl (C=O) groups is 1. The Labute approximate surface area is 109 Å². The van der Waals surface area contributed by atoms with Crippen LogP contribution < -0.4 is 11.1 Å². The molecule has 1 saturated carbocycles. The highest BCUT2D eigenvalue weighted by atomic mass is 19.1. The van der Waals surface area contributed by atoms with Crippen LogP contribution in [-0.2, 0) is 0 Å². The second-order valence-electron chi connectivity index (χ2n) is 4.93. The largest absolute Gasteiger partial charge is 0.396 e. The number of hydrogen-bond donors (Lipinski definition) is 3. The third kappa shape index (κ3) is 2.53. The average molecular weight is 270 g/mol. The van der Waals surface area contributed by atoms with Gasteiger partial charge in [0.15, 0.2) is 5.82 Å². The van der Waals surface area contributed by atoms with Crippen molar-refractivity contribution in [2.75, 3.05) is 12.3 Å². The van der Waals surface area contributed by atoms with Crippen molar-refractivity contribution < 1.29 is 18.7 Å². The maximum atomic E-state index is 13.7. The summed E-state index contributed by atoms with van der Waals surface area (Å²) >= 11 is 0. The van der Waals surface area contributed by atoms with Gasteiger partial charge in [0.05, 0.1) is 17.8 Å². The first-order chi connectivity index (χ1) is 8.99. The van der Waals surface area contributed by atoms with Gasteiger partial charge in [-0.15, -0.1) is 0 Å². The SMILES string of the molecule is Nc1ccc(F)c(C(=O)NC2(CO)CCCC2)c1F. The number of halogens is 2. The van der Waals surface area contributed by atoms with Crippen molar-refractivity contribution in [1.82, 2.24) is 5.32 Å². The summed E-state index contributed by atoms with van der Waals surface area (Å²) in [5.74, 6) is -2.91. The first kappa shape index (κ1) is 13.7. The molecule has 1 aromatic carbocycles. The molecule has 0 bridgehead atoms. The first-order valence-corrected chi connectivity index (χ1v) is 6.16. The van der Waals surface area contributed by atoms with Crippen LogP contribution in [0.15, 0.2) is 12.1 Å². The first-order valence-electron chi connectivity index (χ1n) is 6.16. The van der Waals surface area contributed by atoms with E-state index in [2.05, 4.69) is 5.32 Å². The molecule has 2 rings (SSSR count). The molecule has 0 radical (unpaired) electrons. The fraction of sp³-hybridized carbons (Fsp3) is 0.462. The second kappa shape index (κ2) is 5.13. The minimum absolute atomic E-state index is 0.246. The Kier molecular flexibility index (Phi) is 3.71. The van der Waals surface area contributed by atoms with E-state index in [4.69, 9.17) is 5.73 Å². The van der Waals surface area contributed by atoms with Crippen molar-refractivity contribution in [2.45, 2.75) is 31.2 Å². The Morgan fingerprint density at radius 1 is 1.37 bits per heavy atom. The molecule has 0 saturated heterocycles. The van der Waals surface area contributed by atoms with Gasteiger partial charge in [0.25, 0.3) is 5.91 Å². The fourth-order valence-corrected chi connectivity index (χ4v) is 2.45. The predicted octanol–water partition coefficient (Wildman–Crippen LogP) is 1.58. The molecule has 19 heavy (non-hydrogen) atoms. The zero-order valence-electron chi connectivity index (χ0n) is 10.4. The molecule has 1 fully saturated rings. The van der Waals surface area contributed by atoms with Gasteiger partial charge in [0.1, 0.15) is 11.4 Å². The number of amides is 1. The Bertz CT molecular complexity index is 500. The van der Waals surface area contributed by atoms with Gasteiger partial charge in [-0.05, 0) is 25.0 Å². The van der Waals surface area contributed by atoms with E-state index in [9.17, 15) is 18.7 Å². The van der Waals surface area contributed by atoms with Gasteiger partial charge in [0.2, 0.25) is 0 Å². The van der Waals surface area contributed by atoms with E-state index >= 15 is 0 Å². The molecule has 0 heterocycles. The second-order valence-corrected chi connectivity index (χ2v) is 4.93. The van der Waals surface area contributed by atoms with Crippen molar-refractivity contribution in [2.24, 2.45) is 0 Å². The number of anilines is 1. The Morgan fingerprint density at radius 2 is 2.00 bits per heavy atom. The molecule has 0 aromatic heterocycles. The standard InChI is InChI=1S/C13H16F2N2O2/c14-8-3-4-9(16)11(15)10(8)12(19)17-13(7-18)5-1-2-6-13/h3-4,18H,1-2,5-7,16H2,(H,17,19). The predicted molar refractivity (Wildman–Crippen MR) is 66.5 cm³/mol. The molecule has 104 valence electrons. The average Bonchev–Trinajstić information content (AvgIpc) is 2.83. The van der Waals surface area contributed by atoms with E-state index in [1.54, 1.807) is 0 Å². The summed E-state index contributed by atoms with van der Waals surface area (Å²) in [5, 5.41) is 11.9. The third-order valence-corrected chi connectivity index (χ3v) is 3.59. The monoisotopic (exact) mass is 270 g/mol. The zero-order chi connectivity index (χ0) is 14.0. The number of rotatable bonds is 3. The van der Waals surface area contributed by atoms with E-state index in [1.807, 2.05) is 0 Å². The third-order valence-electron chi connectivity index (χ3n) is 3.59. The number of nitrogens with two attached hydrogens (primary N) is 1. The lowest BCUT2D eigenvalue weighted by atomic mass is 9.98. The minimum Gasteiger partial charge on any atom is -0.396 e. The molecule has 1 aromatic rings. The van der Waals surface area contributed by atoms with Gasteiger partial charge in [-0.3, -0.25) is 4.79 Å². The van der Waals surface area contributed by atoms with Crippen LogP contribution in [0, 0.1) is 11.6 Å². The van der Waals surface area contributed by atoms with E-state index in [1.165, 1.54) is 0 Å². The Morgan fingerprint density at radius 3 is 2.58 bits per heavy atom. The zero-order valence-corrected chi connectivity index (χ0v) is 10.4. The number of nitrogen functional groups attached to an aromatic ring is 1. The van der Waals surface area contributed by atoms with E-state index < -0.39 is 28.6 Å². The summed E-state index contributed by atoms with van der Waals surface area (Å²) in [6.45, 7) is -0.246. The van der Waals surface area contributed by atoms with Crippen LogP contribution in [0.2, 0.25) is 0 Å². The number of aliphatic hydroxyl groups is 1. The van der Waals surface area contributed by atoms with Crippen molar-refractivity contribution in [3.8, 4) is 0 Å². The Balaban J connectivity index is 2.28. The van der Waals surface area contributed by atoms with Crippen LogP contribution in [0.3, 0.4) is 0 Å². The topological polar surface area (TPSA) is 75.4 Å². The van der Waals surface area contributed by atoms with E-state index in [0.29, 0.717) is 12.8 Å². The summed E-state index contributed by atoms with van der Waals surface area (Å²) in [7, 11) is 0. The van der Waals surface area contributed by atoms with Crippen LogP contribution in [0.25, 0.3) is 0 Å². The normalized spacial score (nSPS) is 17.4. The van der Waals surface area contributed by atoms with Gasteiger partial charge in [0, 0.05) is 0 Å². The lowest BCUT2D eigenvalue weighted by Gasteiger charge is -2.28. The van der Waals surface area contributed by atoms with Crippen molar-refractivity contribution in [1.29, 1.82) is 0 Å². The highest BCUT2D eigenvalue weighted by Gasteiger charge is 2.36. The van der Waals surface area contributed by atoms with Crippen LogP contribution in [0.4, 0.5) is 14.5 Å². The van der Waals surface area contributed by atoms with Crippen LogP contribution in [-0.4, -0.2) is 23.2 Å². The molecule has 1 amide bonds. The maximum Gasteiger partial charge on any atom is 0.257 e. The summed E-state index contributed by atoms with van der Waals surface area (Å²) in [6.07, 6.45) is 2.92. The highest BCUT2D eigenvalue weighted by Crippen LogP contribution is 2.30. The maximum absolute atomic E-state index is 13.7. The van der Waals surface area contributed by atoms with Crippen molar-refractivity contribution in [3.63, 3.8) is 0 Å². The van der Waals surface area contributed by atoms with Gasteiger partial charge >= 0.3 is 0 Å². The lowest BCUT2D eigenvalue weighted by molar-refractivity contribution is 0.0830. The highest BCUT2D eigenvalue weighted by molar-refractivity contribution is 5.96. The molecule has 1 aliphatic rings. The van der Waals surface area contributed by atoms with Gasteiger partial charge in [-0.2, -0.15) is 0 Å². The summed E-state index contributed by atoms with van der Waals surface area (Å²) < 4.78 is 27.3.